The minimum Gasteiger partial charge on any atom is -0.463 e. The molecule has 2 rings (SSSR count). The second-order valence-corrected chi connectivity index (χ2v) is 7.72. The normalized spacial score (nSPS) is 23.0. The predicted octanol–water partition coefficient (Wildman–Crippen LogP) is 0.885. The number of rotatable bonds is 8. The van der Waals surface area contributed by atoms with E-state index in [0.717, 1.165) is 27.7 Å². The van der Waals surface area contributed by atoms with Crippen molar-refractivity contribution in [2.24, 2.45) is 0 Å². The molecule has 1 fully saturated rings. The Morgan fingerprint density at radius 2 is 1.25 bits per heavy atom. The van der Waals surface area contributed by atoms with E-state index in [9.17, 15) is 28.8 Å². The zero-order valence-corrected chi connectivity index (χ0v) is 20.3. The van der Waals surface area contributed by atoms with Gasteiger partial charge in [-0.15, -0.1) is 0 Å². The zero-order chi connectivity index (χ0) is 27.0. The van der Waals surface area contributed by atoms with E-state index in [-0.39, 0.29) is 12.2 Å². The maximum absolute atomic E-state index is 11.9. The summed E-state index contributed by atoms with van der Waals surface area (Å²) in [7, 11) is 0. The van der Waals surface area contributed by atoms with Crippen LogP contribution in [0.5, 0.6) is 0 Å². The highest BCUT2D eigenvalue weighted by molar-refractivity contribution is 5.96. The Hall–Kier alpha value is -4.00. The predicted molar refractivity (Wildman–Crippen MR) is 118 cm³/mol. The summed E-state index contributed by atoms with van der Waals surface area (Å²) in [6.07, 6.45) is -6.20. The largest absolute Gasteiger partial charge is 0.463 e. The molecule has 0 bridgehead atoms. The van der Waals surface area contributed by atoms with Gasteiger partial charge in [-0.3, -0.25) is 24.0 Å². The molecule has 1 heterocycles. The maximum atomic E-state index is 11.9. The Morgan fingerprint density at radius 3 is 1.75 bits per heavy atom. The standard InChI is InChI=1S/C23H27NO12/c1-11(25)31-10-18-19(32-12(2)26)20(33-13(3)27)21(34-14(4)28)22(36-18)24-17-8-6-16(7-9-17)23(30)35-15(5)29/h6-9,18-22,24H,10H2,1-5H3/t18?,19-,20?,21-,22-/m1/s1. The molecule has 5 atom stereocenters. The molecule has 13 nitrogen and oxygen atoms in total. The Labute approximate surface area is 206 Å². The fraction of sp³-hybridized carbons (Fsp3) is 0.478. The molecule has 1 aliphatic rings. The summed E-state index contributed by atoms with van der Waals surface area (Å²) in [6.45, 7) is 5.27. The van der Waals surface area contributed by atoms with Gasteiger partial charge in [0.25, 0.3) is 0 Å². The first-order valence-corrected chi connectivity index (χ1v) is 10.8. The van der Waals surface area contributed by atoms with Crippen molar-refractivity contribution in [1.82, 2.24) is 0 Å². The molecular formula is C23H27NO12. The van der Waals surface area contributed by atoms with Gasteiger partial charge in [0, 0.05) is 40.3 Å². The number of esters is 6. The van der Waals surface area contributed by atoms with Gasteiger partial charge in [0.2, 0.25) is 0 Å². The molecule has 0 spiro atoms. The van der Waals surface area contributed by atoms with Crippen LogP contribution in [0.3, 0.4) is 0 Å². The average Bonchev–Trinajstić information content (AvgIpc) is 2.75. The Kier molecular flexibility index (Phi) is 9.91. The van der Waals surface area contributed by atoms with Gasteiger partial charge in [-0.1, -0.05) is 0 Å². The molecule has 0 amide bonds. The number of benzene rings is 1. The van der Waals surface area contributed by atoms with Crippen molar-refractivity contribution in [3.05, 3.63) is 29.8 Å². The molecule has 2 unspecified atom stereocenters. The molecule has 0 aromatic heterocycles. The van der Waals surface area contributed by atoms with E-state index < -0.39 is 66.5 Å². The third-order valence-corrected chi connectivity index (χ3v) is 4.66. The number of nitrogens with one attached hydrogen (secondary N) is 1. The van der Waals surface area contributed by atoms with Crippen molar-refractivity contribution in [2.45, 2.75) is 65.3 Å². The van der Waals surface area contributed by atoms with E-state index in [4.69, 9.17) is 23.7 Å². The third-order valence-electron chi connectivity index (χ3n) is 4.66. The molecule has 1 aromatic rings. The quantitative estimate of drug-likeness (QED) is 0.298. The third kappa shape index (κ3) is 8.34. The highest BCUT2D eigenvalue weighted by atomic mass is 16.7. The van der Waals surface area contributed by atoms with Crippen molar-refractivity contribution >= 4 is 41.5 Å². The summed E-state index contributed by atoms with van der Waals surface area (Å²) < 4.78 is 31.5. The number of hydrogen-bond acceptors (Lipinski definition) is 13. The Bertz CT molecular complexity index is 1000. The molecule has 1 saturated heterocycles. The lowest BCUT2D eigenvalue weighted by Gasteiger charge is -2.44. The van der Waals surface area contributed by atoms with Gasteiger partial charge < -0.3 is 33.7 Å². The molecule has 1 aromatic carbocycles. The SMILES string of the molecule is CC(=O)OCC1O[C@@H](Nc2ccc(C(=O)OC(C)=O)cc2)[C@H](OC(C)=O)C(OC(C)=O)[C@@H]1OC(C)=O. The molecule has 13 heteroatoms. The van der Waals surface area contributed by atoms with E-state index in [1.165, 1.54) is 31.2 Å². The summed E-state index contributed by atoms with van der Waals surface area (Å²) in [5, 5.41) is 2.95. The van der Waals surface area contributed by atoms with Gasteiger partial charge in [-0.25, -0.2) is 4.79 Å². The van der Waals surface area contributed by atoms with Gasteiger partial charge in [-0.2, -0.15) is 0 Å². The fourth-order valence-electron chi connectivity index (χ4n) is 3.40. The van der Waals surface area contributed by atoms with Crippen molar-refractivity contribution in [3.8, 4) is 0 Å². The summed E-state index contributed by atoms with van der Waals surface area (Å²) in [5.74, 6) is -4.48. The van der Waals surface area contributed by atoms with Crippen LogP contribution in [0.15, 0.2) is 24.3 Å². The van der Waals surface area contributed by atoms with Crippen molar-refractivity contribution < 1.29 is 57.2 Å². The van der Waals surface area contributed by atoms with Crippen molar-refractivity contribution in [2.75, 3.05) is 11.9 Å². The van der Waals surface area contributed by atoms with E-state index in [1.807, 2.05) is 0 Å². The molecule has 0 radical (unpaired) electrons. The van der Waals surface area contributed by atoms with Gasteiger partial charge in [0.15, 0.2) is 24.5 Å². The second-order valence-electron chi connectivity index (χ2n) is 7.72. The van der Waals surface area contributed by atoms with Crippen LogP contribution in [0.25, 0.3) is 0 Å². The Morgan fingerprint density at radius 1 is 0.722 bits per heavy atom. The van der Waals surface area contributed by atoms with E-state index >= 15 is 0 Å². The minimum atomic E-state index is -1.33. The summed E-state index contributed by atoms with van der Waals surface area (Å²) in [5.41, 5.74) is 0.465. The molecule has 0 saturated carbocycles. The molecule has 196 valence electrons. The molecule has 1 N–H and O–H groups in total. The van der Waals surface area contributed by atoms with Crippen LogP contribution in [0.4, 0.5) is 5.69 Å². The lowest BCUT2D eigenvalue weighted by Crippen LogP contribution is -2.64. The van der Waals surface area contributed by atoms with Gasteiger partial charge in [0.1, 0.15) is 12.7 Å². The second kappa shape index (κ2) is 12.6. The van der Waals surface area contributed by atoms with Gasteiger partial charge in [-0.05, 0) is 24.3 Å². The van der Waals surface area contributed by atoms with Crippen LogP contribution < -0.4 is 5.32 Å². The van der Waals surface area contributed by atoms with Crippen LogP contribution in [0.2, 0.25) is 0 Å². The lowest BCUT2D eigenvalue weighted by molar-refractivity contribution is -0.247. The van der Waals surface area contributed by atoms with Gasteiger partial charge in [0.05, 0.1) is 5.56 Å². The van der Waals surface area contributed by atoms with Crippen LogP contribution in [0.1, 0.15) is 45.0 Å². The number of hydrogen-bond donors (Lipinski definition) is 1. The number of carbonyl (C=O) groups excluding carboxylic acids is 6. The average molecular weight is 509 g/mol. The summed E-state index contributed by atoms with van der Waals surface area (Å²) >= 11 is 0. The molecule has 36 heavy (non-hydrogen) atoms. The van der Waals surface area contributed by atoms with E-state index in [2.05, 4.69) is 10.1 Å². The zero-order valence-electron chi connectivity index (χ0n) is 20.3. The fourth-order valence-corrected chi connectivity index (χ4v) is 3.40. The van der Waals surface area contributed by atoms with Crippen molar-refractivity contribution in [1.29, 1.82) is 0 Å². The van der Waals surface area contributed by atoms with Crippen LogP contribution in [0, 0.1) is 0 Å². The first-order chi connectivity index (χ1) is 16.9. The smallest absolute Gasteiger partial charge is 0.345 e. The van der Waals surface area contributed by atoms with Crippen LogP contribution in [-0.2, 0) is 52.4 Å². The summed E-state index contributed by atoms with van der Waals surface area (Å²) in [4.78, 5) is 69.8. The Balaban J connectivity index is 2.40. The topological polar surface area (TPSA) is 170 Å². The first kappa shape index (κ1) is 28.2. The molecule has 1 aliphatic heterocycles. The number of anilines is 1. The van der Waals surface area contributed by atoms with E-state index in [0.29, 0.717) is 5.69 Å². The van der Waals surface area contributed by atoms with Crippen molar-refractivity contribution in [3.63, 3.8) is 0 Å². The van der Waals surface area contributed by atoms with Crippen LogP contribution >= 0.6 is 0 Å². The monoisotopic (exact) mass is 509 g/mol. The van der Waals surface area contributed by atoms with Crippen LogP contribution in [-0.4, -0.2) is 73.1 Å². The molecular weight excluding hydrogens is 482 g/mol. The lowest BCUT2D eigenvalue weighted by atomic mass is 9.97. The van der Waals surface area contributed by atoms with Gasteiger partial charge >= 0.3 is 35.8 Å². The number of ether oxygens (including phenoxy) is 6. The highest BCUT2D eigenvalue weighted by Crippen LogP contribution is 2.30. The molecule has 0 aliphatic carbocycles. The number of carbonyl (C=O) groups is 6. The first-order valence-electron chi connectivity index (χ1n) is 10.8. The highest BCUT2D eigenvalue weighted by Gasteiger charge is 2.52. The summed E-state index contributed by atoms with van der Waals surface area (Å²) in [6, 6.07) is 5.67. The maximum Gasteiger partial charge on any atom is 0.345 e. The van der Waals surface area contributed by atoms with E-state index in [1.54, 1.807) is 0 Å². The minimum absolute atomic E-state index is 0.0947.